The summed E-state index contributed by atoms with van der Waals surface area (Å²) in [6, 6.07) is 19.8. The molecule has 0 aliphatic carbocycles. The van der Waals surface area contributed by atoms with Gasteiger partial charge in [0.1, 0.15) is 0 Å². The van der Waals surface area contributed by atoms with Gasteiger partial charge in [-0.25, -0.2) is 8.42 Å². The summed E-state index contributed by atoms with van der Waals surface area (Å²) in [6.45, 7) is 1.22. The first-order valence-electron chi connectivity index (χ1n) is 8.99. The number of amides is 1. The maximum absolute atomic E-state index is 12.9. The highest BCUT2D eigenvalue weighted by Gasteiger charge is 2.30. The van der Waals surface area contributed by atoms with Crippen molar-refractivity contribution in [3.63, 3.8) is 0 Å². The van der Waals surface area contributed by atoms with Crippen molar-refractivity contribution in [2.45, 2.75) is 4.90 Å². The number of nitrogens with zero attached hydrogens (tertiary/aromatic N) is 2. The molecule has 1 amide bonds. The molecule has 3 aromatic carbocycles. The summed E-state index contributed by atoms with van der Waals surface area (Å²) >= 11 is 5.93. The van der Waals surface area contributed by atoms with E-state index in [0.29, 0.717) is 23.7 Å². The molecule has 3 aromatic rings. The van der Waals surface area contributed by atoms with Gasteiger partial charge in [-0.05, 0) is 41.1 Å². The third-order valence-corrected chi connectivity index (χ3v) is 7.09. The van der Waals surface area contributed by atoms with Crippen LogP contribution in [0.1, 0.15) is 10.4 Å². The summed E-state index contributed by atoms with van der Waals surface area (Å²) in [5, 5.41) is 2.47. The molecule has 1 saturated heterocycles. The number of hydrogen-bond donors (Lipinski definition) is 0. The standard InChI is InChI=1S/C21H19ClN2O3S/c22-19-6-3-7-20(15-19)28(26,27)24-12-10-23(11-13-24)21(25)18-9-8-16-4-1-2-5-17(16)14-18/h1-9,14-15H,10-13H2. The smallest absolute Gasteiger partial charge is 0.253 e. The zero-order chi connectivity index (χ0) is 19.7. The predicted octanol–water partition coefficient (Wildman–Crippen LogP) is 3.64. The van der Waals surface area contributed by atoms with E-state index in [1.54, 1.807) is 17.0 Å². The summed E-state index contributed by atoms with van der Waals surface area (Å²) in [6.07, 6.45) is 0. The van der Waals surface area contributed by atoms with Gasteiger partial charge in [-0.3, -0.25) is 4.79 Å². The maximum atomic E-state index is 12.9. The highest BCUT2D eigenvalue weighted by atomic mass is 35.5. The van der Waals surface area contributed by atoms with Gasteiger partial charge in [0.05, 0.1) is 4.90 Å². The summed E-state index contributed by atoms with van der Waals surface area (Å²) in [5.41, 5.74) is 0.616. The lowest BCUT2D eigenvalue weighted by atomic mass is 10.1. The average Bonchev–Trinajstić information content (AvgIpc) is 2.73. The molecule has 0 saturated carbocycles. The van der Waals surface area contributed by atoms with Crippen LogP contribution in [0.4, 0.5) is 0 Å². The van der Waals surface area contributed by atoms with Crippen LogP contribution < -0.4 is 0 Å². The van der Waals surface area contributed by atoms with Crippen molar-refractivity contribution in [1.82, 2.24) is 9.21 Å². The Labute approximate surface area is 169 Å². The number of halogens is 1. The summed E-state index contributed by atoms with van der Waals surface area (Å²) in [4.78, 5) is 14.7. The molecular formula is C21H19ClN2O3S. The van der Waals surface area contributed by atoms with Gasteiger partial charge in [-0.2, -0.15) is 4.31 Å². The molecule has 1 heterocycles. The Morgan fingerprint density at radius 1 is 0.821 bits per heavy atom. The molecule has 4 rings (SSSR count). The second-order valence-corrected chi connectivity index (χ2v) is 9.09. The molecule has 0 bridgehead atoms. The van der Waals surface area contributed by atoms with Crippen molar-refractivity contribution in [2.24, 2.45) is 0 Å². The van der Waals surface area contributed by atoms with Crippen LogP contribution in [0.5, 0.6) is 0 Å². The zero-order valence-corrected chi connectivity index (χ0v) is 16.7. The quantitative estimate of drug-likeness (QED) is 0.657. The number of sulfonamides is 1. The molecule has 0 unspecified atom stereocenters. The van der Waals surface area contributed by atoms with Gasteiger partial charge in [0.15, 0.2) is 0 Å². The fourth-order valence-corrected chi connectivity index (χ4v) is 5.14. The third kappa shape index (κ3) is 3.63. The minimum absolute atomic E-state index is 0.0782. The van der Waals surface area contributed by atoms with E-state index in [1.807, 2.05) is 42.5 Å². The summed E-state index contributed by atoms with van der Waals surface area (Å²) in [5.74, 6) is -0.0782. The van der Waals surface area contributed by atoms with Crippen LogP contribution in [0.2, 0.25) is 5.02 Å². The molecule has 7 heteroatoms. The minimum atomic E-state index is -3.62. The first-order chi connectivity index (χ1) is 13.4. The second-order valence-electron chi connectivity index (χ2n) is 6.72. The Bertz CT molecular complexity index is 1140. The lowest BCUT2D eigenvalue weighted by molar-refractivity contribution is 0.0698. The van der Waals surface area contributed by atoms with Gasteiger partial charge >= 0.3 is 0 Å². The largest absolute Gasteiger partial charge is 0.336 e. The van der Waals surface area contributed by atoms with Gasteiger partial charge in [-0.1, -0.05) is 48.0 Å². The van der Waals surface area contributed by atoms with Crippen molar-refractivity contribution < 1.29 is 13.2 Å². The van der Waals surface area contributed by atoms with Gasteiger partial charge < -0.3 is 4.90 Å². The van der Waals surface area contributed by atoms with Crippen LogP contribution >= 0.6 is 11.6 Å². The van der Waals surface area contributed by atoms with E-state index in [4.69, 9.17) is 11.6 Å². The second kappa shape index (κ2) is 7.54. The van der Waals surface area contributed by atoms with Gasteiger partial charge in [0.2, 0.25) is 10.0 Å². The molecule has 0 N–H and O–H groups in total. The first kappa shape index (κ1) is 18.9. The molecule has 1 aliphatic heterocycles. The Kier molecular flexibility index (Phi) is 5.10. The number of carbonyl (C=O) groups is 1. The molecule has 0 aromatic heterocycles. The topological polar surface area (TPSA) is 57.7 Å². The van der Waals surface area contributed by atoms with Crippen molar-refractivity contribution in [3.05, 3.63) is 77.3 Å². The van der Waals surface area contributed by atoms with Crippen LogP contribution in [0.15, 0.2) is 71.6 Å². The zero-order valence-electron chi connectivity index (χ0n) is 15.1. The number of carbonyl (C=O) groups excluding carboxylic acids is 1. The lowest BCUT2D eigenvalue weighted by Crippen LogP contribution is -2.50. The average molecular weight is 415 g/mol. The van der Waals surface area contributed by atoms with Crippen molar-refractivity contribution in [3.8, 4) is 0 Å². The number of fused-ring (bicyclic) bond motifs is 1. The Balaban J connectivity index is 1.48. The number of piperazine rings is 1. The third-order valence-electron chi connectivity index (χ3n) is 4.96. The predicted molar refractivity (Wildman–Crippen MR) is 110 cm³/mol. The molecule has 0 atom stereocenters. The van der Waals surface area contributed by atoms with E-state index < -0.39 is 10.0 Å². The lowest BCUT2D eigenvalue weighted by Gasteiger charge is -2.34. The molecule has 0 spiro atoms. The molecule has 0 radical (unpaired) electrons. The Hall–Kier alpha value is -2.41. The van der Waals surface area contributed by atoms with Crippen molar-refractivity contribution >= 4 is 38.3 Å². The fraction of sp³-hybridized carbons (Fsp3) is 0.190. The fourth-order valence-electron chi connectivity index (χ4n) is 3.41. The van der Waals surface area contributed by atoms with E-state index >= 15 is 0 Å². The van der Waals surface area contributed by atoms with Gasteiger partial charge in [-0.15, -0.1) is 0 Å². The number of hydrogen-bond acceptors (Lipinski definition) is 3. The SMILES string of the molecule is O=C(c1ccc2ccccc2c1)N1CCN(S(=O)(=O)c2cccc(Cl)c2)CC1. The molecule has 144 valence electrons. The molecule has 5 nitrogen and oxygen atoms in total. The van der Waals surface area contributed by atoms with Crippen LogP contribution in [-0.2, 0) is 10.0 Å². The highest BCUT2D eigenvalue weighted by molar-refractivity contribution is 7.89. The van der Waals surface area contributed by atoms with E-state index in [1.165, 1.54) is 16.4 Å². The van der Waals surface area contributed by atoms with Crippen LogP contribution in [-0.4, -0.2) is 49.7 Å². The van der Waals surface area contributed by atoms with Crippen molar-refractivity contribution in [2.75, 3.05) is 26.2 Å². The van der Waals surface area contributed by atoms with E-state index in [9.17, 15) is 13.2 Å². The Morgan fingerprint density at radius 3 is 2.25 bits per heavy atom. The van der Waals surface area contributed by atoms with Crippen LogP contribution in [0.3, 0.4) is 0 Å². The van der Waals surface area contributed by atoms with Crippen LogP contribution in [0.25, 0.3) is 10.8 Å². The van der Waals surface area contributed by atoms with Crippen LogP contribution in [0, 0.1) is 0 Å². The summed E-state index contributed by atoms with van der Waals surface area (Å²) in [7, 11) is -3.62. The maximum Gasteiger partial charge on any atom is 0.253 e. The molecular weight excluding hydrogens is 396 g/mol. The van der Waals surface area contributed by atoms with Crippen molar-refractivity contribution in [1.29, 1.82) is 0 Å². The molecule has 1 fully saturated rings. The number of rotatable bonds is 3. The highest BCUT2D eigenvalue weighted by Crippen LogP contribution is 2.22. The monoisotopic (exact) mass is 414 g/mol. The van der Waals surface area contributed by atoms with Gasteiger partial charge in [0.25, 0.3) is 5.91 Å². The number of benzene rings is 3. The van der Waals surface area contributed by atoms with Gasteiger partial charge in [0, 0.05) is 36.8 Å². The normalized spacial score (nSPS) is 15.7. The minimum Gasteiger partial charge on any atom is -0.336 e. The molecule has 28 heavy (non-hydrogen) atoms. The van der Waals surface area contributed by atoms with E-state index in [-0.39, 0.29) is 23.9 Å². The van der Waals surface area contributed by atoms with E-state index in [2.05, 4.69) is 0 Å². The first-order valence-corrected chi connectivity index (χ1v) is 10.8. The van der Waals surface area contributed by atoms with E-state index in [0.717, 1.165) is 10.8 Å². The molecule has 1 aliphatic rings. The summed E-state index contributed by atoms with van der Waals surface area (Å²) < 4.78 is 27.0. The Morgan fingerprint density at radius 2 is 1.54 bits per heavy atom.